The molecule has 0 aliphatic carbocycles. The zero-order chi connectivity index (χ0) is 17.1. The summed E-state index contributed by atoms with van der Waals surface area (Å²) in [4.78, 5) is 29.7. The molecule has 124 valence electrons. The summed E-state index contributed by atoms with van der Waals surface area (Å²) in [6.07, 6.45) is 3.12. The number of anilines is 1. The number of benzene rings is 1. The molecule has 5 nitrogen and oxygen atoms in total. The first-order chi connectivity index (χ1) is 11.6. The Balaban J connectivity index is 1.85. The van der Waals surface area contributed by atoms with Crippen LogP contribution in [-0.2, 0) is 24.2 Å². The first kappa shape index (κ1) is 16.4. The lowest BCUT2D eigenvalue weighted by molar-refractivity contribution is -0.116. The van der Waals surface area contributed by atoms with E-state index in [4.69, 9.17) is 0 Å². The van der Waals surface area contributed by atoms with Gasteiger partial charge in [-0.25, -0.2) is 4.98 Å². The first-order valence-corrected chi connectivity index (χ1v) is 8.85. The Kier molecular flexibility index (Phi) is 4.76. The van der Waals surface area contributed by atoms with Gasteiger partial charge in [-0.15, -0.1) is 11.3 Å². The van der Waals surface area contributed by atoms with Crippen LogP contribution in [0.5, 0.6) is 0 Å². The van der Waals surface area contributed by atoms with Crippen LogP contribution in [-0.4, -0.2) is 15.5 Å². The van der Waals surface area contributed by atoms with Crippen molar-refractivity contribution in [2.24, 2.45) is 0 Å². The van der Waals surface area contributed by atoms with Crippen LogP contribution < -0.4 is 10.9 Å². The summed E-state index contributed by atoms with van der Waals surface area (Å²) in [7, 11) is 0. The van der Waals surface area contributed by atoms with Crippen LogP contribution >= 0.6 is 11.3 Å². The molecule has 0 bridgehead atoms. The van der Waals surface area contributed by atoms with E-state index in [2.05, 4.69) is 24.1 Å². The highest BCUT2D eigenvalue weighted by atomic mass is 32.1. The maximum Gasteiger partial charge on any atom is 0.262 e. The van der Waals surface area contributed by atoms with Crippen molar-refractivity contribution in [3.8, 4) is 0 Å². The summed E-state index contributed by atoms with van der Waals surface area (Å²) in [5.41, 5.74) is 2.88. The average molecular weight is 341 g/mol. The largest absolute Gasteiger partial charge is 0.324 e. The molecule has 2 aromatic heterocycles. The Bertz CT molecular complexity index is 921. The lowest BCUT2D eigenvalue weighted by atomic mass is 10.0. The zero-order valence-electron chi connectivity index (χ0n) is 13.7. The van der Waals surface area contributed by atoms with Crippen molar-refractivity contribution in [3.05, 3.63) is 57.5 Å². The lowest BCUT2D eigenvalue weighted by Crippen LogP contribution is -2.28. The number of carbonyl (C=O) groups excluding carboxylic acids is 1. The van der Waals surface area contributed by atoms with Crippen molar-refractivity contribution in [3.63, 3.8) is 0 Å². The van der Waals surface area contributed by atoms with Gasteiger partial charge in [0.2, 0.25) is 5.91 Å². The molecule has 1 N–H and O–H groups in total. The average Bonchev–Trinajstić information content (AvgIpc) is 3.07. The molecule has 0 spiro atoms. The number of para-hydroxylation sites is 1. The van der Waals surface area contributed by atoms with E-state index in [1.54, 1.807) is 6.07 Å². The third-order valence-corrected chi connectivity index (χ3v) is 4.85. The highest BCUT2D eigenvalue weighted by molar-refractivity contribution is 7.16. The van der Waals surface area contributed by atoms with Gasteiger partial charge >= 0.3 is 0 Å². The maximum atomic E-state index is 12.4. The fraction of sp³-hybridized carbons (Fsp3) is 0.278. The summed E-state index contributed by atoms with van der Waals surface area (Å²) in [5.74, 6) is -0.218. The molecule has 2 heterocycles. The Morgan fingerprint density at radius 2 is 1.92 bits per heavy atom. The van der Waals surface area contributed by atoms with Crippen LogP contribution in [0.15, 0.2) is 40.8 Å². The Hall–Kier alpha value is -2.47. The standard InChI is InChI=1S/C18H19N3O2S/c1-3-12-6-5-7-13(4-2)16(12)20-15(22)10-21-11-19-17-14(18(21)23)8-9-24-17/h5-9,11H,3-4,10H2,1-2H3,(H,20,22). The molecule has 0 aliphatic rings. The molecule has 1 amide bonds. The fourth-order valence-corrected chi connectivity index (χ4v) is 3.47. The molecule has 24 heavy (non-hydrogen) atoms. The van der Waals surface area contributed by atoms with Gasteiger partial charge in [0.25, 0.3) is 5.56 Å². The van der Waals surface area contributed by atoms with Gasteiger partial charge in [0.1, 0.15) is 11.4 Å². The van der Waals surface area contributed by atoms with Crippen molar-refractivity contribution < 1.29 is 4.79 Å². The number of amides is 1. The molecule has 3 aromatic rings. The quantitative estimate of drug-likeness (QED) is 0.775. The Morgan fingerprint density at radius 1 is 1.21 bits per heavy atom. The molecule has 1 aromatic carbocycles. The number of fused-ring (bicyclic) bond motifs is 1. The molecule has 0 atom stereocenters. The first-order valence-electron chi connectivity index (χ1n) is 7.97. The van der Waals surface area contributed by atoms with Crippen molar-refractivity contribution in [1.82, 2.24) is 9.55 Å². The third kappa shape index (κ3) is 3.10. The SMILES string of the molecule is CCc1cccc(CC)c1NC(=O)Cn1cnc2sccc2c1=O. The van der Waals surface area contributed by atoms with E-state index in [0.29, 0.717) is 10.2 Å². The molecule has 0 fully saturated rings. The molecule has 0 radical (unpaired) electrons. The van der Waals surface area contributed by atoms with Gasteiger partial charge in [-0.3, -0.25) is 14.2 Å². The van der Waals surface area contributed by atoms with Crippen molar-refractivity contribution >= 4 is 33.1 Å². The van der Waals surface area contributed by atoms with Gasteiger partial charge in [0, 0.05) is 5.69 Å². The van der Waals surface area contributed by atoms with Crippen LogP contribution in [0.1, 0.15) is 25.0 Å². The van der Waals surface area contributed by atoms with E-state index in [0.717, 1.165) is 29.7 Å². The number of nitrogens with one attached hydrogen (secondary N) is 1. The molecule has 0 saturated carbocycles. The smallest absolute Gasteiger partial charge is 0.262 e. The van der Waals surface area contributed by atoms with Crippen LogP contribution in [0.25, 0.3) is 10.2 Å². The van der Waals surface area contributed by atoms with E-state index in [1.807, 2.05) is 23.6 Å². The van der Waals surface area contributed by atoms with E-state index >= 15 is 0 Å². The highest BCUT2D eigenvalue weighted by Crippen LogP contribution is 2.22. The lowest BCUT2D eigenvalue weighted by Gasteiger charge is -2.14. The van der Waals surface area contributed by atoms with Crippen molar-refractivity contribution in [1.29, 1.82) is 0 Å². The minimum atomic E-state index is -0.218. The topological polar surface area (TPSA) is 64.0 Å². The molecule has 0 saturated heterocycles. The van der Waals surface area contributed by atoms with Gasteiger partial charge in [-0.05, 0) is 35.4 Å². The van der Waals surface area contributed by atoms with E-state index in [1.165, 1.54) is 22.2 Å². The number of nitrogens with zero attached hydrogens (tertiary/aromatic N) is 2. The fourth-order valence-electron chi connectivity index (χ4n) is 2.74. The van der Waals surface area contributed by atoms with Crippen LogP contribution in [0.2, 0.25) is 0 Å². The minimum Gasteiger partial charge on any atom is -0.324 e. The van der Waals surface area contributed by atoms with Crippen LogP contribution in [0.4, 0.5) is 5.69 Å². The molecule has 0 unspecified atom stereocenters. The zero-order valence-corrected chi connectivity index (χ0v) is 14.5. The van der Waals surface area contributed by atoms with Gasteiger partial charge in [-0.1, -0.05) is 32.0 Å². The van der Waals surface area contributed by atoms with Crippen molar-refractivity contribution in [2.45, 2.75) is 33.2 Å². The summed E-state index contributed by atoms with van der Waals surface area (Å²) >= 11 is 1.42. The number of aromatic nitrogens is 2. The molecule has 3 rings (SSSR count). The molecule has 0 aliphatic heterocycles. The van der Waals surface area contributed by atoms with Crippen LogP contribution in [0, 0.1) is 0 Å². The van der Waals surface area contributed by atoms with Gasteiger partial charge in [0.15, 0.2) is 0 Å². The Labute approximate surface area is 144 Å². The normalized spacial score (nSPS) is 10.9. The summed E-state index contributed by atoms with van der Waals surface area (Å²) in [6, 6.07) is 7.78. The second-order valence-electron chi connectivity index (χ2n) is 5.52. The summed E-state index contributed by atoms with van der Waals surface area (Å²) < 4.78 is 1.35. The minimum absolute atomic E-state index is 0.0428. The van der Waals surface area contributed by atoms with E-state index in [9.17, 15) is 9.59 Å². The number of carbonyl (C=O) groups is 1. The molecular formula is C18H19N3O2S. The number of aryl methyl sites for hydroxylation is 2. The second-order valence-corrected chi connectivity index (χ2v) is 6.42. The molecular weight excluding hydrogens is 322 g/mol. The third-order valence-electron chi connectivity index (χ3n) is 4.03. The predicted octanol–water partition coefficient (Wildman–Crippen LogP) is 3.22. The Morgan fingerprint density at radius 3 is 2.58 bits per heavy atom. The van der Waals surface area contributed by atoms with E-state index < -0.39 is 0 Å². The van der Waals surface area contributed by atoms with Crippen molar-refractivity contribution in [2.75, 3.05) is 5.32 Å². The number of rotatable bonds is 5. The molecule has 6 heteroatoms. The number of hydrogen-bond acceptors (Lipinski definition) is 4. The van der Waals surface area contributed by atoms with E-state index in [-0.39, 0.29) is 18.0 Å². The predicted molar refractivity (Wildman–Crippen MR) is 97.7 cm³/mol. The van der Waals surface area contributed by atoms with Gasteiger partial charge in [0.05, 0.1) is 11.7 Å². The van der Waals surface area contributed by atoms with Gasteiger partial charge < -0.3 is 5.32 Å². The maximum absolute atomic E-state index is 12.4. The summed E-state index contributed by atoms with van der Waals surface area (Å²) in [5, 5.41) is 5.36. The summed E-state index contributed by atoms with van der Waals surface area (Å²) in [6.45, 7) is 4.07. The monoisotopic (exact) mass is 341 g/mol. The van der Waals surface area contributed by atoms with Crippen LogP contribution in [0.3, 0.4) is 0 Å². The second kappa shape index (κ2) is 6.97. The number of hydrogen-bond donors (Lipinski definition) is 1. The van der Waals surface area contributed by atoms with Gasteiger partial charge in [-0.2, -0.15) is 0 Å². The number of thiophene rings is 1. The highest BCUT2D eigenvalue weighted by Gasteiger charge is 2.12.